The third-order valence-electron chi connectivity index (χ3n) is 3.72. The predicted molar refractivity (Wildman–Crippen MR) is 77.2 cm³/mol. The van der Waals surface area contributed by atoms with Gasteiger partial charge in [0.15, 0.2) is 0 Å². The van der Waals surface area contributed by atoms with E-state index < -0.39 is 0 Å². The van der Waals surface area contributed by atoms with E-state index in [1.807, 2.05) is 25.1 Å². The van der Waals surface area contributed by atoms with Crippen LogP contribution in [0.1, 0.15) is 43.7 Å². The Morgan fingerprint density at radius 1 is 1.47 bits per heavy atom. The SMILES string of the molecule is CCCC1CC(Nc2cccc(C)c2C#N)CCO1. The smallest absolute Gasteiger partial charge is 0.102 e. The molecule has 1 aromatic rings. The second-order valence-corrected chi connectivity index (χ2v) is 5.26. The molecule has 1 N–H and O–H groups in total. The van der Waals surface area contributed by atoms with Crippen LogP contribution in [0.5, 0.6) is 0 Å². The number of nitriles is 1. The van der Waals surface area contributed by atoms with Crippen LogP contribution in [0.2, 0.25) is 0 Å². The molecule has 1 aromatic carbocycles. The summed E-state index contributed by atoms with van der Waals surface area (Å²) < 4.78 is 5.76. The van der Waals surface area contributed by atoms with Crippen LogP contribution in [-0.2, 0) is 4.74 Å². The highest BCUT2D eigenvalue weighted by molar-refractivity contribution is 5.61. The molecule has 0 aromatic heterocycles. The molecule has 0 spiro atoms. The minimum Gasteiger partial charge on any atom is -0.381 e. The van der Waals surface area contributed by atoms with Crippen LogP contribution in [0.4, 0.5) is 5.69 Å². The molecule has 19 heavy (non-hydrogen) atoms. The lowest BCUT2D eigenvalue weighted by Gasteiger charge is -2.31. The van der Waals surface area contributed by atoms with Crippen LogP contribution in [0.3, 0.4) is 0 Å². The van der Waals surface area contributed by atoms with Crippen molar-refractivity contribution < 1.29 is 4.74 Å². The molecule has 0 amide bonds. The standard InChI is InChI=1S/C16H22N2O/c1-3-5-14-10-13(8-9-19-14)18-16-7-4-6-12(2)15(16)11-17/h4,6-7,13-14,18H,3,5,8-10H2,1-2H3. The summed E-state index contributed by atoms with van der Waals surface area (Å²) in [6, 6.07) is 8.69. The zero-order valence-electron chi connectivity index (χ0n) is 11.8. The fourth-order valence-corrected chi connectivity index (χ4v) is 2.69. The molecule has 102 valence electrons. The van der Waals surface area contributed by atoms with Crippen molar-refractivity contribution in [2.75, 3.05) is 11.9 Å². The first kappa shape index (κ1) is 13.9. The Hall–Kier alpha value is -1.53. The van der Waals surface area contributed by atoms with Gasteiger partial charge in [0.2, 0.25) is 0 Å². The van der Waals surface area contributed by atoms with Crippen molar-refractivity contribution >= 4 is 5.69 Å². The fraction of sp³-hybridized carbons (Fsp3) is 0.562. The highest BCUT2D eigenvalue weighted by Crippen LogP contribution is 2.24. The van der Waals surface area contributed by atoms with Gasteiger partial charge in [0.25, 0.3) is 0 Å². The van der Waals surface area contributed by atoms with E-state index >= 15 is 0 Å². The number of hydrogen-bond acceptors (Lipinski definition) is 3. The molecule has 3 nitrogen and oxygen atoms in total. The molecular weight excluding hydrogens is 236 g/mol. The van der Waals surface area contributed by atoms with E-state index in [1.165, 1.54) is 0 Å². The highest BCUT2D eigenvalue weighted by atomic mass is 16.5. The highest BCUT2D eigenvalue weighted by Gasteiger charge is 2.22. The zero-order valence-corrected chi connectivity index (χ0v) is 11.8. The first-order valence-corrected chi connectivity index (χ1v) is 7.12. The maximum absolute atomic E-state index is 9.25. The largest absolute Gasteiger partial charge is 0.381 e. The molecule has 2 atom stereocenters. The number of ether oxygens (including phenoxy) is 1. The van der Waals surface area contributed by atoms with Gasteiger partial charge in [0.05, 0.1) is 17.4 Å². The number of nitrogens with zero attached hydrogens (tertiary/aromatic N) is 1. The van der Waals surface area contributed by atoms with E-state index in [0.717, 1.165) is 49.1 Å². The maximum Gasteiger partial charge on any atom is 0.102 e. The first-order chi connectivity index (χ1) is 9.24. The average Bonchev–Trinajstić information content (AvgIpc) is 2.40. The van der Waals surface area contributed by atoms with Gasteiger partial charge in [-0.3, -0.25) is 0 Å². The summed E-state index contributed by atoms with van der Waals surface area (Å²) in [5, 5.41) is 12.8. The van der Waals surface area contributed by atoms with E-state index in [4.69, 9.17) is 4.74 Å². The molecule has 2 unspecified atom stereocenters. The molecular formula is C16H22N2O. The number of aryl methyl sites for hydroxylation is 1. The van der Waals surface area contributed by atoms with Crippen LogP contribution < -0.4 is 5.32 Å². The minimum atomic E-state index is 0.367. The molecule has 2 rings (SSSR count). The zero-order chi connectivity index (χ0) is 13.7. The topological polar surface area (TPSA) is 45.0 Å². The van der Waals surface area contributed by atoms with Crippen molar-refractivity contribution in [3.05, 3.63) is 29.3 Å². The lowest BCUT2D eigenvalue weighted by Crippen LogP contribution is -2.34. The quantitative estimate of drug-likeness (QED) is 0.897. The van der Waals surface area contributed by atoms with Crippen LogP contribution in [0.15, 0.2) is 18.2 Å². The van der Waals surface area contributed by atoms with Crippen molar-refractivity contribution in [2.24, 2.45) is 0 Å². The Balaban J connectivity index is 2.05. The van der Waals surface area contributed by atoms with E-state index in [0.29, 0.717) is 12.1 Å². The maximum atomic E-state index is 9.25. The molecule has 1 saturated heterocycles. The Bertz CT molecular complexity index is 462. The summed E-state index contributed by atoms with van der Waals surface area (Å²) in [5.41, 5.74) is 2.76. The van der Waals surface area contributed by atoms with Gasteiger partial charge in [0, 0.05) is 12.6 Å². The summed E-state index contributed by atoms with van der Waals surface area (Å²) >= 11 is 0. The first-order valence-electron chi connectivity index (χ1n) is 7.12. The molecule has 0 bridgehead atoms. The number of anilines is 1. The van der Waals surface area contributed by atoms with Crippen LogP contribution >= 0.6 is 0 Å². The number of benzene rings is 1. The number of rotatable bonds is 4. The van der Waals surface area contributed by atoms with Crippen LogP contribution in [0, 0.1) is 18.3 Å². The van der Waals surface area contributed by atoms with Crippen molar-refractivity contribution in [2.45, 2.75) is 51.7 Å². The van der Waals surface area contributed by atoms with Gasteiger partial charge in [-0.15, -0.1) is 0 Å². The van der Waals surface area contributed by atoms with E-state index in [9.17, 15) is 5.26 Å². The third kappa shape index (κ3) is 3.48. The van der Waals surface area contributed by atoms with E-state index in [-0.39, 0.29) is 0 Å². The van der Waals surface area contributed by atoms with Gasteiger partial charge in [-0.05, 0) is 37.8 Å². The third-order valence-corrected chi connectivity index (χ3v) is 3.72. The van der Waals surface area contributed by atoms with Crippen LogP contribution in [-0.4, -0.2) is 18.8 Å². The van der Waals surface area contributed by atoms with Gasteiger partial charge >= 0.3 is 0 Å². The summed E-state index contributed by atoms with van der Waals surface area (Å²) in [5.74, 6) is 0. The molecule has 0 radical (unpaired) electrons. The van der Waals surface area contributed by atoms with Gasteiger partial charge < -0.3 is 10.1 Å². The monoisotopic (exact) mass is 258 g/mol. The second-order valence-electron chi connectivity index (χ2n) is 5.26. The molecule has 1 fully saturated rings. The van der Waals surface area contributed by atoms with Gasteiger partial charge in [-0.2, -0.15) is 5.26 Å². The van der Waals surface area contributed by atoms with E-state index in [1.54, 1.807) is 0 Å². The predicted octanol–water partition coefficient (Wildman–Crippen LogP) is 3.63. The second kappa shape index (κ2) is 6.58. The normalized spacial score (nSPS) is 22.8. The van der Waals surface area contributed by atoms with Crippen LogP contribution in [0.25, 0.3) is 0 Å². The summed E-state index contributed by atoms with van der Waals surface area (Å²) in [6.07, 6.45) is 4.69. The van der Waals surface area contributed by atoms with Crippen molar-refractivity contribution in [1.29, 1.82) is 5.26 Å². The Labute approximate surface area is 115 Å². The minimum absolute atomic E-state index is 0.367. The molecule has 1 aliphatic heterocycles. The van der Waals surface area contributed by atoms with Crippen molar-refractivity contribution in [3.63, 3.8) is 0 Å². The Morgan fingerprint density at radius 3 is 3.05 bits per heavy atom. The van der Waals surface area contributed by atoms with Gasteiger partial charge in [0.1, 0.15) is 6.07 Å². The number of nitrogens with one attached hydrogen (secondary N) is 1. The van der Waals surface area contributed by atoms with Gasteiger partial charge in [-0.25, -0.2) is 0 Å². The van der Waals surface area contributed by atoms with E-state index in [2.05, 4.69) is 18.3 Å². The summed E-state index contributed by atoms with van der Waals surface area (Å²) in [7, 11) is 0. The molecule has 3 heteroatoms. The number of hydrogen-bond donors (Lipinski definition) is 1. The van der Waals surface area contributed by atoms with Crippen molar-refractivity contribution in [1.82, 2.24) is 0 Å². The lowest BCUT2D eigenvalue weighted by atomic mass is 9.99. The lowest BCUT2D eigenvalue weighted by molar-refractivity contribution is 0.00597. The van der Waals surface area contributed by atoms with Crippen molar-refractivity contribution in [3.8, 4) is 6.07 Å². The fourth-order valence-electron chi connectivity index (χ4n) is 2.69. The Morgan fingerprint density at radius 2 is 2.32 bits per heavy atom. The summed E-state index contributed by atoms with van der Waals surface area (Å²) in [4.78, 5) is 0. The average molecular weight is 258 g/mol. The molecule has 0 aliphatic carbocycles. The van der Waals surface area contributed by atoms with Gasteiger partial charge in [-0.1, -0.05) is 25.5 Å². The molecule has 1 heterocycles. The molecule has 0 saturated carbocycles. The Kier molecular flexibility index (Phi) is 4.81. The molecule has 1 aliphatic rings. The summed E-state index contributed by atoms with van der Waals surface area (Å²) in [6.45, 7) is 4.98.